The highest BCUT2D eigenvalue weighted by Gasteiger charge is 2.17. The third-order valence-corrected chi connectivity index (χ3v) is 3.30. The number of aryl methyl sites for hydroxylation is 1. The Morgan fingerprint density at radius 1 is 1.33 bits per heavy atom. The van der Waals surface area contributed by atoms with Crippen molar-refractivity contribution in [2.24, 2.45) is 0 Å². The lowest BCUT2D eigenvalue weighted by Gasteiger charge is -2.19. The molecule has 18 heavy (non-hydrogen) atoms. The second kappa shape index (κ2) is 4.33. The number of ether oxygens (including phenoxy) is 1. The molecule has 0 bridgehead atoms. The van der Waals surface area contributed by atoms with Crippen molar-refractivity contribution < 1.29 is 9.53 Å². The van der Waals surface area contributed by atoms with Crippen molar-refractivity contribution in [3.63, 3.8) is 0 Å². The Balaban J connectivity index is 2.14. The fourth-order valence-electron chi connectivity index (χ4n) is 2.56. The number of rotatable bonds is 1. The molecule has 1 aliphatic heterocycles. The lowest BCUT2D eigenvalue weighted by Crippen LogP contribution is -2.09. The molecule has 1 aliphatic rings. The molecule has 92 valence electrons. The van der Waals surface area contributed by atoms with Crippen LogP contribution < -0.4 is 0 Å². The van der Waals surface area contributed by atoms with Crippen LogP contribution >= 0.6 is 0 Å². The van der Waals surface area contributed by atoms with E-state index in [1.807, 2.05) is 12.1 Å². The number of nitrogens with zero attached hydrogens (tertiary/aromatic N) is 1. The van der Waals surface area contributed by atoms with Gasteiger partial charge in [0, 0.05) is 18.0 Å². The highest BCUT2D eigenvalue weighted by atomic mass is 16.5. The highest BCUT2D eigenvalue weighted by Crippen LogP contribution is 2.31. The zero-order valence-electron chi connectivity index (χ0n) is 10.3. The van der Waals surface area contributed by atoms with E-state index in [0.29, 0.717) is 0 Å². The van der Waals surface area contributed by atoms with Gasteiger partial charge in [0.15, 0.2) is 0 Å². The number of allylic oxidation sites excluding steroid dienone is 1. The molecule has 0 radical (unpaired) electrons. The van der Waals surface area contributed by atoms with Crippen LogP contribution in [0.25, 0.3) is 16.6 Å². The quantitative estimate of drug-likeness (QED) is 0.566. The molecule has 0 saturated heterocycles. The van der Waals surface area contributed by atoms with Crippen LogP contribution in [-0.2, 0) is 16.0 Å². The summed E-state index contributed by atoms with van der Waals surface area (Å²) in [5, 5.41) is 1.24. The fraction of sp³-hybridized carbons (Fsp3) is 0.267. The van der Waals surface area contributed by atoms with Crippen LogP contribution in [-0.4, -0.2) is 10.5 Å². The third kappa shape index (κ3) is 1.82. The van der Waals surface area contributed by atoms with E-state index in [1.54, 1.807) is 6.26 Å². The smallest absolute Gasteiger partial charge is 0.307 e. The number of hydrogen-bond donors (Lipinski definition) is 0. The predicted octanol–water partition coefficient (Wildman–Crippen LogP) is 3.34. The zero-order chi connectivity index (χ0) is 12.5. The Morgan fingerprint density at radius 3 is 3.00 bits per heavy atom. The molecule has 3 nitrogen and oxygen atoms in total. The SMILES string of the molecule is CC(=O)OC=C1CCCc2cc3ccccc3n21. The highest BCUT2D eigenvalue weighted by molar-refractivity contribution is 5.85. The van der Waals surface area contributed by atoms with Crippen molar-refractivity contribution in [1.82, 2.24) is 4.57 Å². The molecule has 0 amide bonds. The van der Waals surface area contributed by atoms with Crippen molar-refractivity contribution >= 4 is 22.6 Å². The summed E-state index contributed by atoms with van der Waals surface area (Å²) in [6.45, 7) is 1.43. The first-order chi connectivity index (χ1) is 8.75. The molecule has 2 aromatic rings. The Morgan fingerprint density at radius 2 is 2.17 bits per heavy atom. The van der Waals surface area contributed by atoms with Gasteiger partial charge in [0.1, 0.15) is 6.26 Å². The van der Waals surface area contributed by atoms with Gasteiger partial charge in [0.2, 0.25) is 0 Å². The second-order valence-electron chi connectivity index (χ2n) is 4.60. The average Bonchev–Trinajstić information content (AvgIpc) is 2.75. The number of aromatic nitrogens is 1. The van der Waals surface area contributed by atoms with Gasteiger partial charge >= 0.3 is 5.97 Å². The van der Waals surface area contributed by atoms with Crippen molar-refractivity contribution in [1.29, 1.82) is 0 Å². The van der Waals surface area contributed by atoms with E-state index in [-0.39, 0.29) is 5.97 Å². The van der Waals surface area contributed by atoms with Crippen LogP contribution in [0, 0.1) is 0 Å². The second-order valence-corrected chi connectivity index (χ2v) is 4.60. The molecule has 0 fully saturated rings. The number of esters is 1. The molecule has 0 spiro atoms. The van der Waals surface area contributed by atoms with Crippen LogP contribution in [0.2, 0.25) is 0 Å². The first kappa shape index (κ1) is 11.1. The predicted molar refractivity (Wildman–Crippen MR) is 70.9 cm³/mol. The summed E-state index contributed by atoms with van der Waals surface area (Å²) in [6.07, 6.45) is 4.71. The molecule has 0 atom stereocenters. The average molecular weight is 241 g/mol. The molecular formula is C15H15NO2. The molecule has 0 N–H and O–H groups in total. The van der Waals surface area contributed by atoms with Crippen molar-refractivity contribution in [2.75, 3.05) is 0 Å². The number of benzene rings is 1. The lowest BCUT2D eigenvalue weighted by molar-refractivity contribution is -0.135. The lowest BCUT2D eigenvalue weighted by atomic mass is 10.1. The van der Waals surface area contributed by atoms with Gasteiger partial charge in [-0.3, -0.25) is 4.79 Å². The monoisotopic (exact) mass is 241 g/mol. The normalized spacial score (nSPS) is 16.8. The largest absolute Gasteiger partial charge is 0.433 e. The topological polar surface area (TPSA) is 31.2 Å². The Bertz CT molecular complexity index is 637. The molecule has 3 heteroatoms. The minimum Gasteiger partial charge on any atom is -0.433 e. The Hall–Kier alpha value is -2.03. The van der Waals surface area contributed by atoms with Gasteiger partial charge in [0.05, 0.1) is 11.2 Å². The van der Waals surface area contributed by atoms with Gasteiger partial charge < -0.3 is 9.30 Å². The van der Waals surface area contributed by atoms with Gasteiger partial charge in [-0.2, -0.15) is 0 Å². The van der Waals surface area contributed by atoms with Crippen LogP contribution in [0.5, 0.6) is 0 Å². The maximum Gasteiger partial charge on any atom is 0.307 e. The third-order valence-electron chi connectivity index (χ3n) is 3.30. The van der Waals surface area contributed by atoms with Gasteiger partial charge in [-0.1, -0.05) is 18.2 Å². The summed E-state index contributed by atoms with van der Waals surface area (Å²) >= 11 is 0. The van der Waals surface area contributed by atoms with E-state index < -0.39 is 0 Å². The molecule has 2 heterocycles. The minimum atomic E-state index is -0.272. The molecular weight excluding hydrogens is 226 g/mol. The molecule has 0 saturated carbocycles. The molecule has 0 aliphatic carbocycles. The number of hydrogen-bond acceptors (Lipinski definition) is 2. The van der Waals surface area contributed by atoms with E-state index in [9.17, 15) is 4.79 Å². The first-order valence-corrected chi connectivity index (χ1v) is 6.22. The van der Waals surface area contributed by atoms with Crippen molar-refractivity contribution in [2.45, 2.75) is 26.2 Å². The summed E-state index contributed by atoms with van der Waals surface area (Å²) in [5.41, 5.74) is 3.54. The van der Waals surface area contributed by atoms with Crippen molar-refractivity contribution in [3.8, 4) is 0 Å². The maximum atomic E-state index is 10.9. The summed E-state index contributed by atoms with van der Waals surface area (Å²) in [4.78, 5) is 10.9. The summed E-state index contributed by atoms with van der Waals surface area (Å²) in [5.74, 6) is -0.272. The van der Waals surface area contributed by atoms with Gasteiger partial charge in [-0.25, -0.2) is 0 Å². The standard InChI is InChI=1S/C15H15NO2/c1-11(17)18-10-14-7-4-6-13-9-12-5-2-3-8-15(12)16(13)14/h2-3,5,8-10H,4,6-7H2,1H3. The fourth-order valence-corrected chi connectivity index (χ4v) is 2.56. The van der Waals surface area contributed by atoms with Crippen LogP contribution in [0.1, 0.15) is 25.5 Å². The van der Waals surface area contributed by atoms with Gasteiger partial charge in [0.25, 0.3) is 0 Å². The van der Waals surface area contributed by atoms with E-state index in [2.05, 4.69) is 22.8 Å². The van der Waals surface area contributed by atoms with Crippen LogP contribution in [0.3, 0.4) is 0 Å². The van der Waals surface area contributed by atoms with Crippen LogP contribution in [0.4, 0.5) is 0 Å². The maximum absolute atomic E-state index is 10.9. The first-order valence-electron chi connectivity index (χ1n) is 6.22. The van der Waals surface area contributed by atoms with Crippen LogP contribution in [0.15, 0.2) is 36.6 Å². The van der Waals surface area contributed by atoms with Crippen molar-refractivity contribution in [3.05, 3.63) is 42.3 Å². The zero-order valence-corrected chi connectivity index (χ0v) is 10.3. The molecule has 3 rings (SSSR count). The Labute approximate surface area is 106 Å². The number of carbonyl (C=O) groups excluding carboxylic acids is 1. The summed E-state index contributed by atoms with van der Waals surface area (Å²) in [7, 11) is 0. The van der Waals surface area contributed by atoms with E-state index in [4.69, 9.17) is 4.74 Å². The van der Waals surface area contributed by atoms with Gasteiger partial charge in [-0.15, -0.1) is 0 Å². The molecule has 0 unspecified atom stereocenters. The van der Waals surface area contributed by atoms with E-state index >= 15 is 0 Å². The number of para-hydroxylation sites is 1. The summed E-state index contributed by atoms with van der Waals surface area (Å²) < 4.78 is 7.24. The minimum absolute atomic E-state index is 0.272. The van der Waals surface area contributed by atoms with E-state index in [1.165, 1.54) is 23.5 Å². The number of fused-ring (bicyclic) bond motifs is 3. The van der Waals surface area contributed by atoms with E-state index in [0.717, 1.165) is 25.0 Å². The summed E-state index contributed by atoms with van der Waals surface area (Å²) in [6, 6.07) is 10.5. The number of carbonyl (C=O) groups is 1. The molecule has 1 aromatic heterocycles. The van der Waals surface area contributed by atoms with Gasteiger partial charge in [-0.05, 0) is 31.4 Å². The molecule has 1 aromatic carbocycles. The Kier molecular flexibility index (Phi) is 2.67.